The molecule has 0 radical (unpaired) electrons. The molecule has 13 heteroatoms. The van der Waals surface area contributed by atoms with E-state index in [0.29, 0.717) is 5.56 Å². The third-order valence-electron chi connectivity index (χ3n) is 4.42. The molecule has 4 unspecified atom stereocenters. The van der Waals surface area contributed by atoms with Crippen molar-refractivity contribution in [1.29, 1.82) is 0 Å². The minimum absolute atomic E-state index is 0.0485. The van der Waals surface area contributed by atoms with Crippen molar-refractivity contribution in [2.45, 2.75) is 50.4 Å². The Bertz CT molecular complexity index is 892. The molecule has 0 aliphatic carbocycles. The molecule has 33 heavy (non-hydrogen) atoms. The number of rotatable bonds is 13. The molecular formula is C20H27N5O8. The summed E-state index contributed by atoms with van der Waals surface area (Å²) >= 11 is 0. The van der Waals surface area contributed by atoms with Crippen molar-refractivity contribution < 1.29 is 39.0 Å². The summed E-state index contributed by atoms with van der Waals surface area (Å²) in [6.45, 7) is 1.25. The van der Waals surface area contributed by atoms with Crippen LogP contribution in [0.25, 0.3) is 0 Å². The summed E-state index contributed by atoms with van der Waals surface area (Å²) in [6, 6.07) is 2.96. The third kappa shape index (κ3) is 9.78. The zero-order chi connectivity index (χ0) is 25.1. The highest BCUT2D eigenvalue weighted by Crippen LogP contribution is 2.05. The van der Waals surface area contributed by atoms with Gasteiger partial charge in [-0.3, -0.25) is 24.0 Å². The summed E-state index contributed by atoms with van der Waals surface area (Å²) in [5.41, 5.74) is 11.2. The molecule has 0 aliphatic rings. The van der Waals surface area contributed by atoms with Gasteiger partial charge in [-0.25, -0.2) is 4.79 Å². The molecule has 0 fully saturated rings. The third-order valence-corrected chi connectivity index (χ3v) is 4.42. The zero-order valence-electron chi connectivity index (χ0n) is 17.8. The standard InChI is InChI=1S/C20H27N5O8/c1-10(23-18(30)12(21)8-16(27)28)17(29)24-13(9-15(22)26)19(31)25-14(20(32)33)7-11-5-3-2-4-6-11/h2-6,10,12-14H,7-9,21H2,1H3,(H2,22,26)(H,23,30)(H,24,29)(H,25,31)(H,27,28)(H,32,33). The van der Waals surface area contributed by atoms with Gasteiger partial charge in [-0.15, -0.1) is 0 Å². The minimum atomic E-state index is -1.51. The summed E-state index contributed by atoms with van der Waals surface area (Å²) in [4.78, 5) is 70.5. The quantitative estimate of drug-likeness (QED) is 0.162. The fraction of sp³-hybridized carbons (Fsp3) is 0.400. The van der Waals surface area contributed by atoms with Gasteiger partial charge in [-0.05, 0) is 12.5 Å². The van der Waals surface area contributed by atoms with Crippen molar-refractivity contribution in [3.05, 3.63) is 35.9 Å². The Hall–Kier alpha value is -4.00. The van der Waals surface area contributed by atoms with Gasteiger partial charge in [0.2, 0.25) is 23.6 Å². The van der Waals surface area contributed by atoms with Crippen LogP contribution in [0, 0.1) is 0 Å². The fourth-order valence-corrected chi connectivity index (χ4v) is 2.70. The second-order valence-electron chi connectivity index (χ2n) is 7.26. The summed E-state index contributed by atoms with van der Waals surface area (Å²) in [6.07, 6.45) is -1.34. The van der Waals surface area contributed by atoms with E-state index in [0.717, 1.165) is 0 Å². The number of nitrogens with two attached hydrogens (primary N) is 2. The highest BCUT2D eigenvalue weighted by molar-refractivity contribution is 5.96. The molecule has 13 nitrogen and oxygen atoms in total. The lowest BCUT2D eigenvalue weighted by Crippen LogP contribution is -2.57. The van der Waals surface area contributed by atoms with Crippen LogP contribution < -0.4 is 27.4 Å². The number of aliphatic carboxylic acids is 2. The fourth-order valence-electron chi connectivity index (χ4n) is 2.70. The van der Waals surface area contributed by atoms with Crippen LogP contribution in [0.15, 0.2) is 30.3 Å². The van der Waals surface area contributed by atoms with Crippen molar-refractivity contribution in [2.24, 2.45) is 11.5 Å². The van der Waals surface area contributed by atoms with Gasteiger partial charge in [0.25, 0.3) is 0 Å². The maximum absolute atomic E-state index is 12.6. The van der Waals surface area contributed by atoms with E-state index in [1.807, 2.05) is 0 Å². The van der Waals surface area contributed by atoms with Crippen LogP contribution in [-0.2, 0) is 35.2 Å². The average Bonchev–Trinajstić information content (AvgIpc) is 2.72. The van der Waals surface area contributed by atoms with Crippen LogP contribution in [0.1, 0.15) is 25.3 Å². The Kier molecular flexibility index (Phi) is 10.5. The molecule has 1 rings (SSSR count). The van der Waals surface area contributed by atoms with E-state index in [1.54, 1.807) is 30.3 Å². The molecule has 4 amide bonds. The first-order chi connectivity index (χ1) is 15.4. The van der Waals surface area contributed by atoms with E-state index in [1.165, 1.54) is 6.92 Å². The van der Waals surface area contributed by atoms with Crippen LogP contribution >= 0.6 is 0 Å². The molecule has 0 aromatic heterocycles. The number of primary amides is 1. The number of carboxylic acid groups (broad SMARTS) is 2. The van der Waals surface area contributed by atoms with E-state index in [9.17, 15) is 33.9 Å². The summed E-state index contributed by atoms with van der Waals surface area (Å²) in [7, 11) is 0. The van der Waals surface area contributed by atoms with E-state index in [4.69, 9.17) is 16.6 Å². The summed E-state index contributed by atoms with van der Waals surface area (Å²) in [5, 5.41) is 24.8. The number of carboxylic acids is 2. The van der Waals surface area contributed by atoms with Gasteiger partial charge in [0.05, 0.1) is 18.9 Å². The van der Waals surface area contributed by atoms with Crippen LogP contribution in [-0.4, -0.2) is 69.9 Å². The smallest absolute Gasteiger partial charge is 0.326 e. The van der Waals surface area contributed by atoms with E-state index < -0.39 is 72.6 Å². The normalized spacial score (nSPS) is 14.1. The van der Waals surface area contributed by atoms with Crippen LogP contribution in [0.3, 0.4) is 0 Å². The second-order valence-corrected chi connectivity index (χ2v) is 7.26. The molecule has 0 aliphatic heterocycles. The number of hydrogen-bond acceptors (Lipinski definition) is 7. The molecule has 1 aromatic rings. The van der Waals surface area contributed by atoms with Gasteiger partial charge in [0.15, 0.2) is 0 Å². The first kappa shape index (κ1) is 27.0. The molecular weight excluding hydrogens is 438 g/mol. The van der Waals surface area contributed by atoms with Crippen molar-refractivity contribution >= 4 is 35.6 Å². The van der Waals surface area contributed by atoms with Crippen molar-refractivity contribution in [3.63, 3.8) is 0 Å². The lowest BCUT2D eigenvalue weighted by Gasteiger charge is -2.23. The van der Waals surface area contributed by atoms with Gasteiger partial charge in [0.1, 0.15) is 18.1 Å². The van der Waals surface area contributed by atoms with Gasteiger partial charge >= 0.3 is 11.9 Å². The number of carbonyl (C=O) groups is 6. The second kappa shape index (κ2) is 12.8. The minimum Gasteiger partial charge on any atom is -0.481 e. The zero-order valence-corrected chi connectivity index (χ0v) is 17.8. The predicted octanol–water partition coefficient (Wildman–Crippen LogP) is -2.53. The number of benzene rings is 1. The van der Waals surface area contributed by atoms with Gasteiger partial charge in [-0.1, -0.05) is 30.3 Å². The van der Waals surface area contributed by atoms with Crippen LogP contribution in [0.5, 0.6) is 0 Å². The monoisotopic (exact) mass is 465 g/mol. The molecule has 4 atom stereocenters. The highest BCUT2D eigenvalue weighted by atomic mass is 16.4. The van der Waals surface area contributed by atoms with Gasteiger partial charge in [-0.2, -0.15) is 0 Å². The van der Waals surface area contributed by atoms with Crippen LogP contribution in [0.4, 0.5) is 0 Å². The van der Waals surface area contributed by atoms with E-state index >= 15 is 0 Å². The molecule has 0 heterocycles. The Labute approximate surface area is 188 Å². The molecule has 180 valence electrons. The Morgan fingerprint density at radius 1 is 0.848 bits per heavy atom. The van der Waals surface area contributed by atoms with E-state index in [-0.39, 0.29) is 6.42 Å². The maximum Gasteiger partial charge on any atom is 0.326 e. The number of amides is 4. The van der Waals surface area contributed by atoms with E-state index in [2.05, 4.69) is 16.0 Å². The average molecular weight is 465 g/mol. The largest absolute Gasteiger partial charge is 0.481 e. The maximum atomic E-state index is 12.6. The summed E-state index contributed by atoms with van der Waals surface area (Å²) in [5.74, 6) is -6.36. The van der Waals surface area contributed by atoms with Crippen molar-refractivity contribution in [3.8, 4) is 0 Å². The van der Waals surface area contributed by atoms with Crippen LogP contribution in [0.2, 0.25) is 0 Å². The molecule has 0 saturated heterocycles. The number of carbonyl (C=O) groups excluding carboxylic acids is 4. The molecule has 9 N–H and O–H groups in total. The lowest BCUT2D eigenvalue weighted by molar-refractivity contribution is -0.142. The Balaban J connectivity index is 2.84. The molecule has 0 saturated carbocycles. The lowest BCUT2D eigenvalue weighted by atomic mass is 10.0. The Morgan fingerprint density at radius 2 is 1.42 bits per heavy atom. The summed E-state index contributed by atoms with van der Waals surface area (Å²) < 4.78 is 0. The van der Waals surface area contributed by atoms with Crippen molar-refractivity contribution in [2.75, 3.05) is 0 Å². The van der Waals surface area contributed by atoms with Gasteiger partial charge < -0.3 is 37.6 Å². The van der Waals surface area contributed by atoms with Gasteiger partial charge in [0, 0.05) is 6.42 Å². The first-order valence-corrected chi connectivity index (χ1v) is 9.84. The molecule has 1 aromatic carbocycles. The van der Waals surface area contributed by atoms with Crippen molar-refractivity contribution in [1.82, 2.24) is 16.0 Å². The predicted molar refractivity (Wildman–Crippen MR) is 113 cm³/mol. The number of nitrogens with one attached hydrogen (secondary N) is 3. The number of hydrogen-bond donors (Lipinski definition) is 7. The topological polar surface area (TPSA) is 231 Å². The highest BCUT2D eigenvalue weighted by Gasteiger charge is 2.30. The molecule has 0 bridgehead atoms. The first-order valence-electron chi connectivity index (χ1n) is 9.84. The SMILES string of the molecule is CC(NC(=O)C(N)CC(=O)O)C(=O)NC(CC(N)=O)C(=O)NC(Cc1ccccc1)C(=O)O. The Morgan fingerprint density at radius 3 is 1.94 bits per heavy atom. The molecule has 0 spiro atoms.